The number of aliphatic hydroxyl groups excluding tert-OH is 2. The molecule has 3 aromatic rings. The second-order valence-electron chi connectivity index (χ2n) is 6.87. The molecule has 2 unspecified atom stereocenters. The summed E-state index contributed by atoms with van der Waals surface area (Å²) in [5, 5.41) is 22.5. The highest BCUT2D eigenvalue weighted by molar-refractivity contribution is 9.10. The average Bonchev–Trinajstić information content (AvgIpc) is 2.82. The van der Waals surface area contributed by atoms with Crippen LogP contribution in [0.4, 0.5) is 0 Å². The van der Waals surface area contributed by atoms with E-state index in [9.17, 15) is 10.2 Å². The van der Waals surface area contributed by atoms with Gasteiger partial charge in [0.1, 0.15) is 35.2 Å². The topological polar surface area (TPSA) is 77.4 Å². The van der Waals surface area contributed by atoms with E-state index in [4.69, 9.17) is 18.9 Å². The van der Waals surface area contributed by atoms with E-state index in [0.717, 1.165) is 4.47 Å². The van der Waals surface area contributed by atoms with Gasteiger partial charge in [0.25, 0.3) is 0 Å². The van der Waals surface area contributed by atoms with E-state index in [1.807, 2.05) is 6.07 Å². The number of hydrogen-bond donors (Lipinski definition) is 2. The van der Waals surface area contributed by atoms with Gasteiger partial charge in [0, 0.05) is 16.6 Å². The van der Waals surface area contributed by atoms with Gasteiger partial charge >= 0.3 is 0 Å². The van der Waals surface area contributed by atoms with Gasteiger partial charge in [-0.05, 0) is 58.7 Å². The molecule has 2 atom stereocenters. The Labute approximate surface area is 190 Å². The molecule has 0 bridgehead atoms. The molecule has 6 nitrogen and oxygen atoms in total. The predicted octanol–water partition coefficient (Wildman–Crippen LogP) is 4.65. The summed E-state index contributed by atoms with van der Waals surface area (Å²) in [5.41, 5.74) is 2.24. The monoisotopic (exact) mass is 488 g/mol. The molecule has 7 heteroatoms. The number of aliphatic hydroxyl groups is 2. The maximum atomic E-state index is 11.2. The zero-order chi connectivity index (χ0) is 22.5. The highest BCUT2D eigenvalue weighted by Gasteiger charge is 2.23. The van der Waals surface area contributed by atoms with Gasteiger partial charge in [0.15, 0.2) is 0 Å². The molecule has 0 saturated carbocycles. The van der Waals surface area contributed by atoms with Crippen LogP contribution in [0.1, 0.15) is 34.5 Å². The molecule has 0 saturated heterocycles. The highest BCUT2D eigenvalue weighted by atomic mass is 79.9. The van der Waals surface area contributed by atoms with E-state index in [0.29, 0.717) is 45.3 Å². The van der Waals surface area contributed by atoms with Gasteiger partial charge in [-0.15, -0.1) is 0 Å². The fourth-order valence-corrected chi connectivity index (χ4v) is 3.74. The molecule has 0 heterocycles. The quantitative estimate of drug-likeness (QED) is 0.480. The number of benzene rings is 3. The summed E-state index contributed by atoms with van der Waals surface area (Å²) < 4.78 is 22.1. The summed E-state index contributed by atoms with van der Waals surface area (Å²) in [6, 6.07) is 15.8. The van der Waals surface area contributed by atoms with Crippen molar-refractivity contribution in [1.29, 1.82) is 0 Å². The van der Waals surface area contributed by atoms with Crippen molar-refractivity contribution < 1.29 is 29.2 Å². The normalized spacial score (nSPS) is 12.7. The maximum absolute atomic E-state index is 11.2. The Morgan fingerprint density at radius 2 is 0.968 bits per heavy atom. The van der Waals surface area contributed by atoms with Crippen molar-refractivity contribution in [3.05, 3.63) is 81.3 Å². The van der Waals surface area contributed by atoms with Crippen LogP contribution in [0.2, 0.25) is 0 Å². The van der Waals surface area contributed by atoms with Crippen molar-refractivity contribution in [3.63, 3.8) is 0 Å². The summed E-state index contributed by atoms with van der Waals surface area (Å²) >= 11 is 3.46. The summed E-state index contributed by atoms with van der Waals surface area (Å²) in [6.45, 7) is 0. The van der Waals surface area contributed by atoms with Gasteiger partial charge < -0.3 is 29.2 Å². The Bertz CT molecular complexity index is 1010. The Kier molecular flexibility index (Phi) is 7.43. The molecule has 0 spiro atoms. The molecule has 3 aromatic carbocycles. The number of ether oxygens (including phenoxy) is 4. The van der Waals surface area contributed by atoms with Crippen molar-refractivity contribution in [2.75, 3.05) is 28.4 Å². The lowest BCUT2D eigenvalue weighted by Gasteiger charge is -2.22. The number of halogens is 1. The van der Waals surface area contributed by atoms with Crippen molar-refractivity contribution in [2.45, 2.75) is 12.2 Å². The number of methoxy groups -OCH3 is 4. The molecule has 2 N–H and O–H groups in total. The first-order valence-corrected chi connectivity index (χ1v) is 10.3. The van der Waals surface area contributed by atoms with Crippen LogP contribution in [0.5, 0.6) is 23.0 Å². The van der Waals surface area contributed by atoms with Crippen molar-refractivity contribution in [3.8, 4) is 23.0 Å². The molecule has 31 heavy (non-hydrogen) atoms. The molecule has 3 rings (SSSR count). The molecule has 0 aliphatic rings. The molecule has 0 aliphatic carbocycles. The molecule has 164 valence electrons. The van der Waals surface area contributed by atoms with Crippen molar-refractivity contribution in [2.24, 2.45) is 0 Å². The predicted molar refractivity (Wildman–Crippen MR) is 121 cm³/mol. The first-order chi connectivity index (χ1) is 14.9. The Hall–Kier alpha value is -2.74. The second-order valence-corrected chi connectivity index (χ2v) is 7.79. The number of hydrogen-bond acceptors (Lipinski definition) is 6. The maximum Gasteiger partial charge on any atom is 0.122 e. The highest BCUT2D eigenvalue weighted by Crippen LogP contribution is 2.37. The Balaban J connectivity index is 2.09. The van der Waals surface area contributed by atoms with Crippen LogP contribution >= 0.6 is 15.9 Å². The Morgan fingerprint density at radius 1 is 0.581 bits per heavy atom. The molecular weight excluding hydrogens is 464 g/mol. The Morgan fingerprint density at radius 3 is 1.35 bits per heavy atom. The minimum atomic E-state index is -1.03. The molecule has 0 amide bonds. The standard InChI is InChI=1S/C24H25BrO6/c1-28-17-7-14(8-18(12-17)29-2)23(26)21-6-5-16(25)11-22(21)24(27)15-9-19(30-3)13-20(10-15)31-4/h5-13,23-24,26-27H,1-4H3. The van der Waals surface area contributed by atoms with E-state index in [2.05, 4.69) is 15.9 Å². The molecular formula is C24H25BrO6. The summed E-state index contributed by atoms with van der Waals surface area (Å²) in [7, 11) is 6.21. The minimum absolute atomic E-state index is 0.541. The van der Waals surface area contributed by atoms with E-state index >= 15 is 0 Å². The van der Waals surface area contributed by atoms with Gasteiger partial charge in [0.05, 0.1) is 28.4 Å². The van der Waals surface area contributed by atoms with Crippen LogP contribution < -0.4 is 18.9 Å². The zero-order valence-corrected chi connectivity index (χ0v) is 19.3. The molecule has 0 aliphatic heterocycles. The van der Waals surface area contributed by atoms with Crippen LogP contribution in [0.3, 0.4) is 0 Å². The summed E-state index contributed by atoms with van der Waals surface area (Å²) in [5.74, 6) is 2.24. The molecule has 0 fully saturated rings. The van der Waals surface area contributed by atoms with Crippen molar-refractivity contribution in [1.82, 2.24) is 0 Å². The third-order valence-corrected chi connectivity index (χ3v) is 5.51. The van der Waals surface area contributed by atoms with Gasteiger partial charge in [-0.2, -0.15) is 0 Å². The van der Waals surface area contributed by atoms with Crippen LogP contribution in [-0.2, 0) is 0 Å². The fraction of sp³-hybridized carbons (Fsp3) is 0.250. The van der Waals surface area contributed by atoms with Gasteiger partial charge in [-0.3, -0.25) is 0 Å². The molecule has 0 aromatic heterocycles. The average molecular weight is 489 g/mol. The van der Waals surface area contributed by atoms with E-state index in [1.165, 1.54) is 0 Å². The lowest BCUT2D eigenvalue weighted by Crippen LogP contribution is -2.10. The van der Waals surface area contributed by atoms with E-state index in [-0.39, 0.29) is 0 Å². The van der Waals surface area contributed by atoms with Crippen LogP contribution in [0, 0.1) is 0 Å². The summed E-state index contributed by atoms with van der Waals surface area (Å²) in [4.78, 5) is 0. The second kappa shape index (κ2) is 10.0. The minimum Gasteiger partial charge on any atom is -0.497 e. The lowest BCUT2D eigenvalue weighted by molar-refractivity contribution is 0.196. The van der Waals surface area contributed by atoms with Crippen LogP contribution in [0.15, 0.2) is 59.1 Å². The van der Waals surface area contributed by atoms with Gasteiger partial charge in [-0.25, -0.2) is 0 Å². The third-order valence-electron chi connectivity index (χ3n) is 5.02. The van der Waals surface area contributed by atoms with Gasteiger partial charge in [-0.1, -0.05) is 22.0 Å². The van der Waals surface area contributed by atoms with Crippen LogP contribution in [-0.4, -0.2) is 38.7 Å². The third kappa shape index (κ3) is 5.12. The van der Waals surface area contributed by atoms with E-state index < -0.39 is 12.2 Å². The molecule has 0 radical (unpaired) electrons. The van der Waals surface area contributed by atoms with Crippen LogP contribution in [0.25, 0.3) is 0 Å². The lowest BCUT2D eigenvalue weighted by atomic mass is 9.91. The first kappa shape index (κ1) is 22.9. The first-order valence-electron chi connectivity index (χ1n) is 9.51. The SMILES string of the molecule is COc1cc(OC)cc(C(O)c2ccc(Br)cc2C(O)c2cc(OC)cc(OC)c2)c1. The number of rotatable bonds is 8. The van der Waals surface area contributed by atoms with E-state index in [1.54, 1.807) is 77.0 Å². The largest absolute Gasteiger partial charge is 0.497 e. The zero-order valence-electron chi connectivity index (χ0n) is 17.8. The summed E-state index contributed by atoms with van der Waals surface area (Å²) in [6.07, 6.45) is -2.05. The smallest absolute Gasteiger partial charge is 0.122 e. The fourth-order valence-electron chi connectivity index (χ4n) is 3.37. The van der Waals surface area contributed by atoms with Gasteiger partial charge in [0.2, 0.25) is 0 Å². The van der Waals surface area contributed by atoms with Crippen molar-refractivity contribution >= 4 is 15.9 Å².